The van der Waals surface area contributed by atoms with E-state index < -0.39 is 0 Å². The summed E-state index contributed by atoms with van der Waals surface area (Å²) in [5, 5.41) is 7.47. The van der Waals surface area contributed by atoms with E-state index in [0.29, 0.717) is 17.2 Å². The average molecular weight is 279 g/mol. The number of aromatic nitrogens is 3. The van der Waals surface area contributed by atoms with Crippen molar-refractivity contribution in [3.8, 4) is 11.4 Å². The lowest BCUT2D eigenvalue weighted by Gasteiger charge is -2.02. The van der Waals surface area contributed by atoms with Crippen LogP contribution in [0.3, 0.4) is 0 Å². The highest BCUT2D eigenvalue weighted by molar-refractivity contribution is 5.85. The Labute approximate surface area is 117 Å². The van der Waals surface area contributed by atoms with Crippen LogP contribution in [0.1, 0.15) is 24.7 Å². The van der Waals surface area contributed by atoms with Gasteiger partial charge in [-0.15, -0.1) is 12.4 Å². The fraction of sp³-hybridized carbons (Fsp3) is 0.462. The maximum absolute atomic E-state index is 5.41. The molecule has 0 aromatic carbocycles. The van der Waals surface area contributed by atoms with Crippen LogP contribution in [0.2, 0.25) is 0 Å². The molecule has 2 aromatic rings. The zero-order chi connectivity index (χ0) is 12.0. The molecular weight excluding hydrogens is 264 g/mol. The molecule has 0 bridgehead atoms. The summed E-state index contributed by atoms with van der Waals surface area (Å²) in [4.78, 5) is 8.59. The molecule has 2 aliphatic rings. The molecule has 4 rings (SSSR count). The minimum Gasteiger partial charge on any atom is -0.339 e. The van der Waals surface area contributed by atoms with E-state index in [-0.39, 0.29) is 12.4 Å². The van der Waals surface area contributed by atoms with E-state index in [0.717, 1.165) is 24.5 Å². The molecule has 6 heteroatoms. The van der Waals surface area contributed by atoms with Crippen LogP contribution in [0.15, 0.2) is 29.0 Å². The number of pyridine rings is 1. The van der Waals surface area contributed by atoms with Gasteiger partial charge < -0.3 is 9.84 Å². The summed E-state index contributed by atoms with van der Waals surface area (Å²) in [7, 11) is 0. The lowest BCUT2D eigenvalue weighted by atomic mass is 10.0. The molecule has 2 unspecified atom stereocenters. The Kier molecular flexibility index (Phi) is 3.03. The molecule has 1 saturated heterocycles. The van der Waals surface area contributed by atoms with Crippen molar-refractivity contribution in [2.45, 2.75) is 18.8 Å². The summed E-state index contributed by atoms with van der Waals surface area (Å²) in [6, 6.07) is 3.83. The third-order valence-corrected chi connectivity index (χ3v) is 4.13. The molecule has 2 atom stereocenters. The van der Waals surface area contributed by atoms with E-state index >= 15 is 0 Å². The van der Waals surface area contributed by atoms with Crippen molar-refractivity contribution in [2.75, 3.05) is 13.1 Å². The van der Waals surface area contributed by atoms with E-state index in [1.807, 2.05) is 12.1 Å². The van der Waals surface area contributed by atoms with Crippen LogP contribution in [0, 0.1) is 5.41 Å². The quantitative estimate of drug-likeness (QED) is 0.910. The summed E-state index contributed by atoms with van der Waals surface area (Å²) < 4.78 is 5.41. The Hall–Kier alpha value is -1.46. The highest BCUT2D eigenvalue weighted by atomic mass is 35.5. The summed E-state index contributed by atoms with van der Waals surface area (Å²) in [6.07, 6.45) is 5.90. The number of rotatable bonds is 2. The van der Waals surface area contributed by atoms with Gasteiger partial charge in [-0.25, -0.2) is 0 Å². The van der Waals surface area contributed by atoms with Crippen molar-refractivity contribution in [3.63, 3.8) is 0 Å². The Bertz CT molecular complexity index is 565. The van der Waals surface area contributed by atoms with Crippen LogP contribution < -0.4 is 5.32 Å². The first-order valence-electron chi connectivity index (χ1n) is 6.32. The molecule has 1 aliphatic carbocycles. The zero-order valence-corrected chi connectivity index (χ0v) is 11.2. The van der Waals surface area contributed by atoms with Gasteiger partial charge in [-0.2, -0.15) is 4.98 Å². The molecule has 2 fully saturated rings. The van der Waals surface area contributed by atoms with E-state index in [1.54, 1.807) is 12.4 Å². The van der Waals surface area contributed by atoms with Crippen LogP contribution in [0.5, 0.6) is 0 Å². The van der Waals surface area contributed by atoms with Crippen molar-refractivity contribution in [3.05, 3.63) is 30.4 Å². The number of nitrogens with one attached hydrogen (secondary N) is 1. The van der Waals surface area contributed by atoms with Crippen LogP contribution in [-0.4, -0.2) is 28.2 Å². The van der Waals surface area contributed by atoms with Crippen LogP contribution >= 0.6 is 12.4 Å². The van der Waals surface area contributed by atoms with Crippen LogP contribution in [0.25, 0.3) is 11.4 Å². The van der Waals surface area contributed by atoms with E-state index in [9.17, 15) is 0 Å². The minimum atomic E-state index is 0. The van der Waals surface area contributed by atoms with Crippen LogP contribution in [-0.2, 0) is 0 Å². The summed E-state index contributed by atoms with van der Waals surface area (Å²) in [5.74, 6) is 1.88. The molecule has 1 saturated carbocycles. The van der Waals surface area contributed by atoms with Gasteiger partial charge in [0.2, 0.25) is 11.7 Å². The van der Waals surface area contributed by atoms with Crippen molar-refractivity contribution < 1.29 is 4.52 Å². The molecule has 0 radical (unpaired) electrons. The van der Waals surface area contributed by atoms with Gasteiger partial charge in [-0.1, -0.05) is 5.16 Å². The Morgan fingerprint density at radius 3 is 3.11 bits per heavy atom. The second-order valence-corrected chi connectivity index (χ2v) is 5.24. The smallest absolute Gasteiger partial charge is 0.230 e. The normalized spacial score (nSPS) is 28.3. The van der Waals surface area contributed by atoms with E-state index in [1.165, 1.54) is 12.8 Å². The number of hydrogen-bond donors (Lipinski definition) is 1. The summed E-state index contributed by atoms with van der Waals surface area (Å²) in [5.41, 5.74) is 1.31. The minimum absolute atomic E-state index is 0. The van der Waals surface area contributed by atoms with Gasteiger partial charge in [0.05, 0.1) is 0 Å². The number of nitrogens with zero attached hydrogens (tertiary/aromatic N) is 3. The molecule has 100 valence electrons. The van der Waals surface area contributed by atoms with Crippen molar-refractivity contribution in [1.82, 2.24) is 20.4 Å². The lowest BCUT2D eigenvalue weighted by molar-refractivity contribution is 0.364. The predicted octanol–water partition coefficient (Wildman–Crippen LogP) is 2.02. The largest absolute Gasteiger partial charge is 0.339 e. The van der Waals surface area contributed by atoms with Crippen molar-refractivity contribution in [2.24, 2.45) is 5.41 Å². The first-order valence-corrected chi connectivity index (χ1v) is 6.32. The predicted molar refractivity (Wildman–Crippen MR) is 72.1 cm³/mol. The van der Waals surface area contributed by atoms with Crippen LogP contribution in [0.4, 0.5) is 0 Å². The SMILES string of the molecule is Cl.c1cncc(-c2noc(C3CC34CCNC4)n2)c1. The molecule has 1 N–H and O–H groups in total. The monoisotopic (exact) mass is 278 g/mol. The molecular formula is C13H15ClN4O. The fourth-order valence-corrected chi connectivity index (χ4v) is 2.92. The third-order valence-electron chi connectivity index (χ3n) is 4.13. The Morgan fingerprint density at radius 2 is 2.37 bits per heavy atom. The maximum atomic E-state index is 5.41. The molecule has 19 heavy (non-hydrogen) atoms. The van der Waals surface area contributed by atoms with Gasteiger partial charge in [-0.05, 0) is 36.9 Å². The number of halogens is 1. The Morgan fingerprint density at radius 1 is 1.42 bits per heavy atom. The summed E-state index contributed by atoms with van der Waals surface area (Å²) in [6.45, 7) is 2.20. The standard InChI is InChI=1S/C13H14N4O.ClH/c1-2-9(7-14-4-1)11-16-12(18-17-11)10-6-13(10)3-5-15-8-13;/h1-2,4,7,10,15H,3,5-6,8H2;1H. The summed E-state index contributed by atoms with van der Waals surface area (Å²) >= 11 is 0. The molecule has 1 aliphatic heterocycles. The third kappa shape index (κ3) is 2.03. The van der Waals surface area contributed by atoms with E-state index in [2.05, 4.69) is 20.4 Å². The lowest BCUT2D eigenvalue weighted by Crippen LogP contribution is -2.10. The van der Waals surface area contributed by atoms with E-state index in [4.69, 9.17) is 4.52 Å². The highest BCUT2D eigenvalue weighted by Crippen LogP contribution is 2.62. The zero-order valence-electron chi connectivity index (χ0n) is 10.4. The van der Waals surface area contributed by atoms with Gasteiger partial charge in [0.25, 0.3) is 0 Å². The fourth-order valence-electron chi connectivity index (χ4n) is 2.92. The molecule has 1 spiro atoms. The maximum Gasteiger partial charge on any atom is 0.230 e. The second kappa shape index (κ2) is 4.58. The van der Waals surface area contributed by atoms with Gasteiger partial charge in [0, 0.05) is 30.4 Å². The molecule has 3 heterocycles. The van der Waals surface area contributed by atoms with Gasteiger partial charge in [0.1, 0.15) is 0 Å². The molecule has 2 aromatic heterocycles. The van der Waals surface area contributed by atoms with Gasteiger partial charge in [0.15, 0.2) is 0 Å². The van der Waals surface area contributed by atoms with Crippen molar-refractivity contribution >= 4 is 12.4 Å². The second-order valence-electron chi connectivity index (χ2n) is 5.24. The topological polar surface area (TPSA) is 63.8 Å². The average Bonchev–Trinajstić information content (AvgIpc) is 2.82. The van der Waals surface area contributed by atoms with Gasteiger partial charge >= 0.3 is 0 Å². The molecule has 0 amide bonds. The first-order chi connectivity index (χ1) is 8.87. The number of hydrogen-bond acceptors (Lipinski definition) is 5. The first kappa shape index (κ1) is 12.6. The van der Waals surface area contributed by atoms with Crippen molar-refractivity contribution in [1.29, 1.82) is 0 Å². The molecule has 5 nitrogen and oxygen atoms in total. The Balaban J connectivity index is 0.00000110. The highest BCUT2D eigenvalue weighted by Gasteiger charge is 2.58. The van der Waals surface area contributed by atoms with Gasteiger partial charge in [-0.3, -0.25) is 4.98 Å².